The highest BCUT2D eigenvalue weighted by Crippen LogP contribution is 2.29. The van der Waals surface area contributed by atoms with Gasteiger partial charge >= 0.3 is 0 Å². The third-order valence-electron chi connectivity index (χ3n) is 3.53. The van der Waals surface area contributed by atoms with Crippen molar-refractivity contribution >= 4 is 17.3 Å². The van der Waals surface area contributed by atoms with Gasteiger partial charge in [0.1, 0.15) is 11.5 Å². The molecule has 2 aromatic carbocycles. The lowest BCUT2D eigenvalue weighted by Crippen LogP contribution is -2.13. The van der Waals surface area contributed by atoms with Crippen molar-refractivity contribution in [3.63, 3.8) is 0 Å². The standard InChI is InChI=1S/C18H20N2O5/c1-3-4-11-25-15-8-5-13(6-9-15)18(21)19-16-12-14(20(22)23)7-10-17(16)24-2/h5-10,12H,3-4,11H2,1-2H3,(H,19,21). The molecule has 0 aliphatic carbocycles. The van der Waals surface area contributed by atoms with Crippen LogP contribution in [0.5, 0.6) is 11.5 Å². The normalized spacial score (nSPS) is 10.2. The number of nitrogens with one attached hydrogen (secondary N) is 1. The molecule has 0 unspecified atom stereocenters. The second-order valence-electron chi connectivity index (χ2n) is 5.32. The Morgan fingerprint density at radius 3 is 2.52 bits per heavy atom. The van der Waals surface area contributed by atoms with Gasteiger partial charge in [-0.05, 0) is 36.8 Å². The van der Waals surface area contributed by atoms with Crippen LogP contribution in [0.3, 0.4) is 0 Å². The summed E-state index contributed by atoms with van der Waals surface area (Å²) < 4.78 is 10.7. The van der Waals surface area contributed by atoms with Crippen LogP contribution in [0.1, 0.15) is 30.1 Å². The summed E-state index contributed by atoms with van der Waals surface area (Å²) in [6.45, 7) is 2.71. The van der Waals surface area contributed by atoms with Crippen molar-refractivity contribution in [1.29, 1.82) is 0 Å². The van der Waals surface area contributed by atoms with Gasteiger partial charge in [-0.1, -0.05) is 13.3 Å². The van der Waals surface area contributed by atoms with Crippen LogP contribution in [0.4, 0.5) is 11.4 Å². The highest BCUT2D eigenvalue weighted by atomic mass is 16.6. The summed E-state index contributed by atoms with van der Waals surface area (Å²) in [5, 5.41) is 13.5. The predicted octanol–water partition coefficient (Wildman–Crippen LogP) is 4.03. The Hall–Kier alpha value is -3.09. The number of rotatable bonds is 8. The number of unbranched alkanes of at least 4 members (excludes halogenated alkanes) is 1. The topological polar surface area (TPSA) is 90.7 Å². The lowest BCUT2D eigenvalue weighted by atomic mass is 10.2. The van der Waals surface area contributed by atoms with Gasteiger partial charge in [-0.15, -0.1) is 0 Å². The molecule has 2 rings (SSSR count). The number of anilines is 1. The maximum atomic E-state index is 12.4. The Balaban J connectivity index is 2.11. The van der Waals surface area contributed by atoms with E-state index in [4.69, 9.17) is 9.47 Å². The number of methoxy groups -OCH3 is 1. The molecule has 7 heteroatoms. The molecule has 1 N–H and O–H groups in total. The molecular formula is C18H20N2O5. The lowest BCUT2D eigenvalue weighted by molar-refractivity contribution is -0.384. The average Bonchev–Trinajstić information content (AvgIpc) is 2.62. The van der Waals surface area contributed by atoms with Crippen molar-refractivity contribution in [1.82, 2.24) is 0 Å². The maximum Gasteiger partial charge on any atom is 0.271 e. The highest BCUT2D eigenvalue weighted by molar-refractivity contribution is 6.05. The van der Waals surface area contributed by atoms with Gasteiger partial charge in [-0.2, -0.15) is 0 Å². The number of benzene rings is 2. The molecule has 0 saturated heterocycles. The van der Waals surface area contributed by atoms with Crippen LogP contribution in [0.15, 0.2) is 42.5 Å². The summed E-state index contributed by atoms with van der Waals surface area (Å²) in [7, 11) is 1.43. The van der Waals surface area contributed by atoms with Crippen LogP contribution in [0.25, 0.3) is 0 Å². The third kappa shape index (κ3) is 4.94. The zero-order valence-corrected chi connectivity index (χ0v) is 14.2. The van der Waals surface area contributed by atoms with Gasteiger partial charge in [0.2, 0.25) is 0 Å². The number of carbonyl (C=O) groups excluding carboxylic acids is 1. The monoisotopic (exact) mass is 344 g/mol. The van der Waals surface area contributed by atoms with Gasteiger partial charge in [0.25, 0.3) is 11.6 Å². The van der Waals surface area contributed by atoms with Gasteiger partial charge in [0.05, 0.1) is 24.3 Å². The Morgan fingerprint density at radius 2 is 1.92 bits per heavy atom. The van der Waals surface area contributed by atoms with Crippen LogP contribution in [-0.4, -0.2) is 24.5 Å². The predicted molar refractivity (Wildman–Crippen MR) is 94.4 cm³/mol. The number of amides is 1. The molecule has 0 bridgehead atoms. The molecule has 132 valence electrons. The van der Waals surface area contributed by atoms with E-state index < -0.39 is 4.92 Å². The molecule has 0 aliphatic heterocycles. The molecule has 1 amide bonds. The first-order valence-electron chi connectivity index (χ1n) is 7.91. The molecule has 0 aliphatic rings. The fourth-order valence-corrected chi connectivity index (χ4v) is 2.14. The molecule has 0 fully saturated rings. The van der Waals surface area contributed by atoms with Crippen molar-refractivity contribution in [2.45, 2.75) is 19.8 Å². The maximum absolute atomic E-state index is 12.4. The SMILES string of the molecule is CCCCOc1ccc(C(=O)Nc2cc([N+](=O)[O-])ccc2OC)cc1. The van der Waals surface area contributed by atoms with Crippen molar-refractivity contribution in [3.05, 3.63) is 58.1 Å². The second-order valence-corrected chi connectivity index (χ2v) is 5.32. The molecule has 2 aromatic rings. The Labute approximate surface area is 145 Å². The number of nitro groups is 1. The highest BCUT2D eigenvalue weighted by Gasteiger charge is 2.14. The van der Waals surface area contributed by atoms with E-state index in [0.717, 1.165) is 12.8 Å². The second kappa shape index (κ2) is 8.68. The molecule has 0 aromatic heterocycles. The first kappa shape index (κ1) is 18.3. The van der Waals surface area contributed by atoms with E-state index in [2.05, 4.69) is 12.2 Å². The summed E-state index contributed by atoms with van der Waals surface area (Å²) >= 11 is 0. The molecule has 0 spiro atoms. The third-order valence-corrected chi connectivity index (χ3v) is 3.53. The zero-order valence-electron chi connectivity index (χ0n) is 14.2. The van der Waals surface area contributed by atoms with Crippen molar-refractivity contribution in [2.24, 2.45) is 0 Å². The molecule has 0 atom stereocenters. The summed E-state index contributed by atoms with van der Waals surface area (Å²) in [5.74, 6) is 0.648. The summed E-state index contributed by atoms with van der Waals surface area (Å²) in [6, 6.07) is 10.7. The van der Waals surface area contributed by atoms with E-state index >= 15 is 0 Å². The smallest absolute Gasteiger partial charge is 0.271 e. The van der Waals surface area contributed by atoms with Crippen LogP contribution in [-0.2, 0) is 0 Å². The molecule has 25 heavy (non-hydrogen) atoms. The van der Waals surface area contributed by atoms with E-state index in [9.17, 15) is 14.9 Å². The number of non-ortho nitro benzene ring substituents is 1. The summed E-state index contributed by atoms with van der Waals surface area (Å²) in [5.41, 5.74) is 0.525. The Morgan fingerprint density at radius 1 is 1.20 bits per heavy atom. The minimum atomic E-state index is -0.530. The Bertz CT molecular complexity index is 744. The number of nitrogens with zero attached hydrogens (tertiary/aromatic N) is 1. The minimum Gasteiger partial charge on any atom is -0.495 e. The molecule has 0 saturated carbocycles. The Kier molecular flexibility index (Phi) is 6.33. The first-order valence-corrected chi connectivity index (χ1v) is 7.91. The molecule has 7 nitrogen and oxygen atoms in total. The molecular weight excluding hydrogens is 324 g/mol. The number of hydrogen-bond acceptors (Lipinski definition) is 5. The molecule has 0 heterocycles. The van der Waals surface area contributed by atoms with E-state index in [-0.39, 0.29) is 17.3 Å². The van der Waals surface area contributed by atoms with E-state index in [0.29, 0.717) is 23.7 Å². The average molecular weight is 344 g/mol. The molecule has 0 radical (unpaired) electrons. The van der Waals surface area contributed by atoms with Gasteiger partial charge < -0.3 is 14.8 Å². The van der Waals surface area contributed by atoms with Crippen molar-refractivity contribution < 1.29 is 19.2 Å². The van der Waals surface area contributed by atoms with Crippen LogP contribution >= 0.6 is 0 Å². The number of carbonyl (C=O) groups is 1. The van der Waals surface area contributed by atoms with Gasteiger partial charge in [-0.3, -0.25) is 14.9 Å². The fraction of sp³-hybridized carbons (Fsp3) is 0.278. The fourth-order valence-electron chi connectivity index (χ4n) is 2.14. The van der Waals surface area contributed by atoms with Crippen molar-refractivity contribution in [2.75, 3.05) is 19.0 Å². The largest absolute Gasteiger partial charge is 0.495 e. The van der Waals surface area contributed by atoms with E-state index in [1.165, 1.54) is 25.3 Å². The van der Waals surface area contributed by atoms with Crippen LogP contribution in [0.2, 0.25) is 0 Å². The number of ether oxygens (including phenoxy) is 2. The minimum absolute atomic E-state index is 0.129. The summed E-state index contributed by atoms with van der Waals surface area (Å²) in [4.78, 5) is 22.7. The zero-order chi connectivity index (χ0) is 18.2. The van der Waals surface area contributed by atoms with Crippen LogP contribution < -0.4 is 14.8 Å². The number of nitro benzene ring substituents is 1. The van der Waals surface area contributed by atoms with Gasteiger partial charge in [0.15, 0.2) is 0 Å². The van der Waals surface area contributed by atoms with Crippen LogP contribution in [0, 0.1) is 10.1 Å². The van der Waals surface area contributed by atoms with Gasteiger partial charge in [0, 0.05) is 17.7 Å². The van der Waals surface area contributed by atoms with Gasteiger partial charge in [-0.25, -0.2) is 0 Å². The lowest BCUT2D eigenvalue weighted by Gasteiger charge is -2.10. The summed E-state index contributed by atoms with van der Waals surface area (Å²) in [6.07, 6.45) is 2.01. The van der Waals surface area contributed by atoms with E-state index in [1.807, 2.05) is 0 Å². The quantitative estimate of drug-likeness (QED) is 0.443. The number of hydrogen-bond donors (Lipinski definition) is 1. The van der Waals surface area contributed by atoms with E-state index in [1.54, 1.807) is 24.3 Å². The van der Waals surface area contributed by atoms with Crippen molar-refractivity contribution in [3.8, 4) is 11.5 Å². The first-order chi connectivity index (χ1) is 12.0.